The number of aryl methyl sites for hydroxylation is 1. The quantitative estimate of drug-likeness (QED) is 0.806. The van der Waals surface area contributed by atoms with Crippen LogP contribution in [0.1, 0.15) is 54.4 Å². The smallest absolute Gasteiger partial charge is 0.254 e. The molecule has 3 fully saturated rings. The number of benzene rings is 1. The van der Waals surface area contributed by atoms with Gasteiger partial charge in [0.15, 0.2) is 0 Å². The van der Waals surface area contributed by atoms with Crippen LogP contribution in [0.3, 0.4) is 0 Å². The van der Waals surface area contributed by atoms with E-state index in [0.29, 0.717) is 11.9 Å². The molecular weight excluding hydrogens is 350 g/mol. The number of hydrogen-bond donors (Lipinski definition) is 0. The van der Waals surface area contributed by atoms with Crippen molar-refractivity contribution in [2.75, 3.05) is 39.3 Å². The highest BCUT2D eigenvalue weighted by Crippen LogP contribution is 2.27. The fourth-order valence-electron chi connectivity index (χ4n) is 5.15. The minimum absolute atomic E-state index is 0.164. The second-order valence-electron chi connectivity index (χ2n) is 8.70. The molecule has 3 aliphatic heterocycles. The van der Waals surface area contributed by atoms with Gasteiger partial charge in [0, 0.05) is 44.3 Å². The van der Waals surface area contributed by atoms with Crippen molar-refractivity contribution in [2.24, 2.45) is 5.92 Å². The third-order valence-electron chi connectivity index (χ3n) is 6.86. The van der Waals surface area contributed by atoms with Crippen LogP contribution in [0.2, 0.25) is 0 Å². The van der Waals surface area contributed by atoms with Gasteiger partial charge in [-0.2, -0.15) is 0 Å². The van der Waals surface area contributed by atoms with Crippen molar-refractivity contribution in [3.05, 3.63) is 35.4 Å². The van der Waals surface area contributed by atoms with Gasteiger partial charge in [0.1, 0.15) is 0 Å². The Morgan fingerprint density at radius 2 is 1.57 bits per heavy atom. The van der Waals surface area contributed by atoms with Gasteiger partial charge in [-0.3, -0.25) is 14.5 Å². The van der Waals surface area contributed by atoms with E-state index in [4.69, 9.17) is 0 Å². The van der Waals surface area contributed by atoms with Crippen molar-refractivity contribution in [1.82, 2.24) is 14.7 Å². The third-order valence-corrected chi connectivity index (χ3v) is 6.86. The molecule has 0 radical (unpaired) electrons. The fourth-order valence-corrected chi connectivity index (χ4v) is 5.15. The van der Waals surface area contributed by atoms with Gasteiger partial charge in [-0.15, -0.1) is 0 Å². The molecule has 3 heterocycles. The number of nitrogens with zero attached hydrogens (tertiary/aromatic N) is 3. The largest absolute Gasteiger partial charge is 0.342 e. The Hall–Kier alpha value is -1.88. The second-order valence-corrected chi connectivity index (χ2v) is 8.70. The van der Waals surface area contributed by atoms with E-state index in [2.05, 4.69) is 9.80 Å². The molecule has 1 aromatic carbocycles. The van der Waals surface area contributed by atoms with Crippen LogP contribution >= 0.6 is 0 Å². The molecule has 0 bridgehead atoms. The molecule has 0 aromatic heterocycles. The average molecular weight is 384 g/mol. The molecule has 1 unspecified atom stereocenters. The lowest BCUT2D eigenvalue weighted by atomic mass is 9.92. The van der Waals surface area contributed by atoms with E-state index in [1.807, 2.05) is 36.1 Å². The minimum Gasteiger partial charge on any atom is -0.342 e. The summed E-state index contributed by atoms with van der Waals surface area (Å²) < 4.78 is 0. The van der Waals surface area contributed by atoms with Crippen molar-refractivity contribution in [1.29, 1.82) is 0 Å². The average Bonchev–Trinajstić information content (AvgIpc) is 3.28. The Bertz CT molecular complexity index is 706. The maximum atomic E-state index is 12.9. The molecule has 4 rings (SSSR count). The Morgan fingerprint density at radius 3 is 2.29 bits per heavy atom. The maximum Gasteiger partial charge on any atom is 0.254 e. The van der Waals surface area contributed by atoms with Gasteiger partial charge in [-0.25, -0.2) is 0 Å². The number of amides is 2. The lowest BCUT2D eigenvalue weighted by Crippen LogP contribution is -2.51. The van der Waals surface area contributed by atoms with E-state index in [9.17, 15) is 9.59 Å². The highest BCUT2D eigenvalue weighted by molar-refractivity contribution is 5.95. The third kappa shape index (κ3) is 4.09. The van der Waals surface area contributed by atoms with E-state index in [0.717, 1.165) is 88.9 Å². The highest BCUT2D eigenvalue weighted by atomic mass is 16.2. The Labute approximate surface area is 168 Å². The minimum atomic E-state index is 0.164. The van der Waals surface area contributed by atoms with Crippen LogP contribution < -0.4 is 0 Å². The van der Waals surface area contributed by atoms with Crippen LogP contribution in [0.15, 0.2) is 24.3 Å². The van der Waals surface area contributed by atoms with Crippen LogP contribution in [0.4, 0.5) is 0 Å². The molecule has 0 aliphatic carbocycles. The van der Waals surface area contributed by atoms with Gasteiger partial charge in [0.2, 0.25) is 5.91 Å². The number of hydrogen-bond acceptors (Lipinski definition) is 3. The van der Waals surface area contributed by atoms with E-state index in [1.165, 1.54) is 0 Å². The summed E-state index contributed by atoms with van der Waals surface area (Å²) in [4.78, 5) is 32.3. The predicted molar refractivity (Wildman–Crippen MR) is 110 cm³/mol. The van der Waals surface area contributed by atoms with E-state index in [1.54, 1.807) is 0 Å². The molecule has 5 nitrogen and oxygen atoms in total. The highest BCUT2D eigenvalue weighted by Gasteiger charge is 2.34. The lowest BCUT2D eigenvalue weighted by Gasteiger charge is -2.42. The summed E-state index contributed by atoms with van der Waals surface area (Å²) in [6, 6.07) is 8.37. The number of carbonyl (C=O) groups is 2. The van der Waals surface area contributed by atoms with Crippen molar-refractivity contribution in [3.63, 3.8) is 0 Å². The number of piperidine rings is 2. The molecule has 1 aromatic rings. The molecule has 2 amide bonds. The zero-order valence-corrected chi connectivity index (χ0v) is 17.1. The summed E-state index contributed by atoms with van der Waals surface area (Å²) in [5, 5.41) is 0. The van der Waals surface area contributed by atoms with Gasteiger partial charge in [0.05, 0.1) is 5.92 Å². The molecule has 0 saturated carbocycles. The van der Waals surface area contributed by atoms with Crippen LogP contribution in [0, 0.1) is 12.8 Å². The molecule has 0 spiro atoms. The molecule has 1 atom stereocenters. The second kappa shape index (κ2) is 8.64. The lowest BCUT2D eigenvalue weighted by molar-refractivity contribution is -0.136. The monoisotopic (exact) mass is 383 g/mol. The number of likely N-dealkylation sites (tertiary alicyclic amines) is 3. The van der Waals surface area contributed by atoms with Crippen LogP contribution in [-0.2, 0) is 4.79 Å². The normalized spacial score (nSPS) is 24.5. The van der Waals surface area contributed by atoms with Crippen molar-refractivity contribution in [3.8, 4) is 0 Å². The molecule has 0 N–H and O–H groups in total. The standard InChI is InChI=1S/C23H33N3O2/c1-18-7-2-3-9-21(18)23(28)25-15-10-20(11-16-25)26-14-6-8-19(17-26)22(27)24-12-4-5-13-24/h2-3,7,9,19-20H,4-6,8,10-17H2,1H3. The van der Waals surface area contributed by atoms with Crippen molar-refractivity contribution in [2.45, 2.75) is 51.5 Å². The van der Waals surface area contributed by atoms with Gasteiger partial charge >= 0.3 is 0 Å². The van der Waals surface area contributed by atoms with Crippen LogP contribution in [-0.4, -0.2) is 71.8 Å². The fraction of sp³-hybridized carbons (Fsp3) is 0.652. The summed E-state index contributed by atoms with van der Waals surface area (Å²) in [5.41, 5.74) is 1.88. The molecule has 5 heteroatoms. The molecule has 3 saturated heterocycles. The van der Waals surface area contributed by atoms with E-state index in [-0.39, 0.29) is 11.8 Å². The van der Waals surface area contributed by atoms with E-state index < -0.39 is 0 Å². The van der Waals surface area contributed by atoms with Crippen LogP contribution in [0.25, 0.3) is 0 Å². The number of rotatable bonds is 3. The summed E-state index contributed by atoms with van der Waals surface area (Å²) in [7, 11) is 0. The Kier molecular flexibility index (Phi) is 6.00. The molecule has 3 aliphatic rings. The van der Waals surface area contributed by atoms with Gasteiger partial charge in [0.25, 0.3) is 5.91 Å². The van der Waals surface area contributed by atoms with Crippen LogP contribution in [0.5, 0.6) is 0 Å². The van der Waals surface area contributed by atoms with Gasteiger partial charge in [-0.05, 0) is 63.6 Å². The predicted octanol–water partition coefficient (Wildman–Crippen LogP) is 2.93. The summed E-state index contributed by atoms with van der Waals surface area (Å²) in [6.07, 6.45) is 6.51. The summed E-state index contributed by atoms with van der Waals surface area (Å²) in [6.45, 7) is 7.55. The first-order valence-electron chi connectivity index (χ1n) is 11.0. The first-order chi connectivity index (χ1) is 13.6. The zero-order valence-electron chi connectivity index (χ0n) is 17.1. The Morgan fingerprint density at radius 1 is 0.857 bits per heavy atom. The SMILES string of the molecule is Cc1ccccc1C(=O)N1CCC(N2CCCC(C(=O)N3CCCC3)C2)CC1. The summed E-state index contributed by atoms with van der Waals surface area (Å²) in [5.74, 6) is 0.727. The molecular formula is C23H33N3O2. The Balaban J connectivity index is 1.31. The molecule has 28 heavy (non-hydrogen) atoms. The van der Waals surface area contributed by atoms with Crippen molar-refractivity contribution >= 4 is 11.8 Å². The maximum absolute atomic E-state index is 12.9. The topological polar surface area (TPSA) is 43.9 Å². The first-order valence-corrected chi connectivity index (χ1v) is 11.0. The van der Waals surface area contributed by atoms with Gasteiger partial charge in [-0.1, -0.05) is 18.2 Å². The zero-order chi connectivity index (χ0) is 19.5. The molecule has 152 valence electrons. The number of carbonyl (C=O) groups excluding carboxylic acids is 2. The van der Waals surface area contributed by atoms with Crippen molar-refractivity contribution < 1.29 is 9.59 Å². The van der Waals surface area contributed by atoms with Gasteiger partial charge < -0.3 is 9.80 Å². The van der Waals surface area contributed by atoms with E-state index >= 15 is 0 Å². The first kappa shape index (κ1) is 19.4. The summed E-state index contributed by atoms with van der Waals surface area (Å²) >= 11 is 0.